The van der Waals surface area contributed by atoms with Gasteiger partial charge in [-0.1, -0.05) is 6.07 Å². The van der Waals surface area contributed by atoms with E-state index >= 15 is 0 Å². The molecule has 22 heavy (non-hydrogen) atoms. The van der Waals surface area contributed by atoms with Gasteiger partial charge in [-0.15, -0.1) is 11.3 Å². The number of hydrogen-bond acceptors (Lipinski definition) is 4. The van der Waals surface area contributed by atoms with Crippen LogP contribution in [0.25, 0.3) is 10.6 Å². The van der Waals surface area contributed by atoms with Gasteiger partial charge in [-0.2, -0.15) is 13.2 Å². The average molecular weight is 350 g/mol. The summed E-state index contributed by atoms with van der Waals surface area (Å²) in [5.41, 5.74) is 1.33. The lowest BCUT2D eigenvalue weighted by Gasteiger charge is -2.09. The molecule has 2 rings (SSSR count). The molecule has 4 nitrogen and oxygen atoms in total. The number of thiophene rings is 1. The molecule has 0 saturated heterocycles. The molecule has 0 aliphatic rings. The summed E-state index contributed by atoms with van der Waals surface area (Å²) in [4.78, 5) is 5.11. The summed E-state index contributed by atoms with van der Waals surface area (Å²) in [7, 11) is -3.97. The van der Waals surface area contributed by atoms with E-state index in [4.69, 9.17) is 0 Å². The van der Waals surface area contributed by atoms with Gasteiger partial charge in [0.2, 0.25) is 10.0 Å². The van der Waals surface area contributed by atoms with Crippen LogP contribution in [0.2, 0.25) is 0 Å². The highest BCUT2D eigenvalue weighted by atomic mass is 32.2. The van der Waals surface area contributed by atoms with Crippen LogP contribution in [0, 0.1) is 0 Å². The number of aromatic nitrogens is 1. The highest BCUT2D eigenvalue weighted by molar-refractivity contribution is 7.89. The quantitative estimate of drug-likeness (QED) is 0.870. The first kappa shape index (κ1) is 16.9. The number of nitrogens with one attached hydrogen (secondary N) is 1. The zero-order chi connectivity index (χ0) is 16.2. The molecule has 0 aliphatic carbocycles. The molecule has 1 N–H and O–H groups in total. The second kappa shape index (κ2) is 6.76. The van der Waals surface area contributed by atoms with Crippen LogP contribution in [0.15, 0.2) is 35.8 Å². The van der Waals surface area contributed by atoms with E-state index in [0.29, 0.717) is 11.3 Å². The molecule has 0 atom stereocenters. The Morgan fingerprint density at radius 3 is 2.68 bits per heavy atom. The fourth-order valence-electron chi connectivity index (χ4n) is 1.66. The summed E-state index contributed by atoms with van der Waals surface area (Å²) in [6, 6.07) is 7.07. The molecule has 0 bridgehead atoms. The van der Waals surface area contributed by atoms with Crippen LogP contribution < -0.4 is 4.72 Å². The van der Waals surface area contributed by atoms with Crippen molar-refractivity contribution >= 4 is 21.4 Å². The minimum Gasteiger partial charge on any atom is -0.255 e. The summed E-state index contributed by atoms with van der Waals surface area (Å²) in [5, 5.41) is 1.89. The van der Waals surface area contributed by atoms with Crippen molar-refractivity contribution in [2.75, 3.05) is 5.75 Å². The van der Waals surface area contributed by atoms with E-state index in [-0.39, 0.29) is 6.54 Å². The molecule has 2 aromatic heterocycles. The van der Waals surface area contributed by atoms with Crippen LogP contribution in [-0.2, 0) is 16.6 Å². The lowest BCUT2D eigenvalue weighted by atomic mass is 10.2. The molecule has 0 amide bonds. The highest BCUT2D eigenvalue weighted by Crippen LogP contribution is 2.23. The summed E-state index contributed by atoms with van der Waals surface area (Å²) >= 11 is 1.49. The van der Waals surface area contributed by atoms with Gasteiger partial charge in [-0.05, 0) is 29.1 Å². The van der Waals surface area contributed by atoms with Crippen molar-refractivity contribution < 1.29 is 21.6 Å². The van der Waals surface area contributed by atoms with Crippen molar-refractivity contribution in [3.8, 4) is 10.6 Å². The summed E-state index contributed by atoms with van der Waals surface area (Å²) in [6.07, 6.45) is -4.31. The topological polar surface area (TPSA) is 59.1 Å². The molecule has 2 heterocycles. The molecule has 0 spiro atoms. The zero-order valence-electron chi connectivity index (χ0n) is 11.3. The summed E-state index contributed by atoms with van der Waals surface area (Å²) < 4.78 is 61.4. The largest absolute Gasteiger partial charge is 0.390 e. The minimum absolute atomic E-state index is 0.0684. The standard InChI is InChI=1S/C13H13F3N2O2S2/c14-13(15,16)4-7-22(19,20)18-9-10-3-5-17-11(8-10)12-2-1-6-21-12/h1-3,5-6,8,18H,4,7,9H2. The molecule has 120 valence electrons. The predicted molar refractivity (Wildman–Crippen MR) is 78.8 cm³/mol. The van der Waals surface area contributed by atoms with E-state index in [1.165, 1.54) is 17.5 Å². The lowest BCUT2D eigenvalue weighted by Crippen LogP contribution is -2.28. The molecule has 9 heteroatoms. The van der Waals surface area contributed by atoms with Crippen LogP contribution in [-0.4, -0.2) is 25.3 Å². The zero-order valence-corrected chi connectivity index (χ0v) is 12.9. The van der Waals surface area contributed by atoms with Crippen molar-refractivity contribution in [2.24, 2.45) is 0 Å². The van der Waals surface area contributed by atoms with E-state index in [9.17, 15) is 21.6 Å². The van der Waals surface area contributed by atoms with Gasteiger partial charge in [0.05, 0.1) is 22.7 Å². The van der Waals surface area contributed by atoms with Gasteiger partial charge in [0.1, 0.15) is 0 Å². The van der Waals surface area contributed by atoms with E-state index in [1.807, 2.05) is 17.5 Å². The fraction of sp³-hybridized carbons (Fsp3) is 0.308. The second-order valence-corrected chi connectivity index (χ2v) is 7.41. The smallest absolute Gasteiger partial charge is 0.255 e. The number of hydrogen-bond donors (Lipinski definition) is 1. The molecule has 0 radical (unpaired) electrons. The van der Waals surface area contributed by atoms with E-state index in [1.54, 1.807) is 12.1 Å². The Kier molecular flexibility index (Phi) is 5.20. The Balaban J connectivity index is 1.98. The number of pyridine rings is 1. The maximum atomic E-state index is 12.1. The lowest BCUT2D eigenvalue weighted by molar-refractivity contribution is -0.129. The average Bonchev–Trinajstić information content (AvgIpc) is 2.97. The molecular weight excluding hydrogens is 337 g/mol. The van der Waals surface area contributed by atoms with E-state index in [2.05, 4.69) is 9.71 Å². The third-order valence-electron chi connectivity index (χ3n) is 2.75. The van der Waals surface area contributed by atoms with Crippen molar-refractivity contribution in [3.63, 3.8) is 0 Å². The molecular formula is C13H13F3N2O2S2. The van der Waals surface area contributed by atoms with Gasteiger partial charge in [-0.25, -0.2) is 13.1 Å². The Morgan fingerprint density at radius 1 is 1.27 bits per heavy atom. The van der Waals surface area contributed by atoms with Gasteiger partial charge in [0, 0.05) is 12.7 Å². The van der Waals surface area contributed by atoms with Gasteiger partial charge >= 0.3 is 6.18 Å². The van der Waals surface area contributed by atoms with Crippen molar-refractivity contribution in [1.82, 2.24) is 9.71 Å². The first-order valence-electron chi connectivity index (χ1n) is 6.28. The SMILES string of the molecule is O=S(=O)(CCC(F)(F)F)NCc1ccnc(-c2cccs2)c1. The Morgan fingerprint density at radius 2 is 2.05 bits per heavy atom. The van der Waals surface area contributed by atoms with Crippen molar-refractivity contribution in [1.29, 1.82) is 0 Å². The van der Waals surface area contributed by atoms with Gasteiger partial charge in [-0.3, -0.25) is 4.98 Å². The molecule has 0 unspecified atom stereocenters. The molecule has 0 aliphatic heterocycles. The summed E-state index contributed by atoms with van der Waals surface area (Å²) in [5.74, 6) is -0.973. The predicted octanol–water partition coefficient (Wildman–Crippen LogP) is 3.18. The number of alkyl halides is 3. The number of nitrogens with zero attached hydrogens (tertiary/aromatic N) is 1. The van der Waals surface area contributed by atoms with Crippen molar-refractivity contribution in [3.05, 3.63) is 41.4 Å². The van der Waals surface area contributed by atoms with Crippen molar-refractivity contribution in [2.45, 2.75) is 19.1 Å². The van der Waals surface area contributed by atoms with Crippen LogP contribution in [0.5, 0.6) is 0 Å². The third-order valence-corrected chi connectivity index (χ3v) is 4.97. The minimum atomic E-state index is -4.49. The summed E-state index contributed by atoms with van der Waals surface area (Å²) in [6.45, 7) is -0.0684. The highest BCUT2D eigenvalue weighted by Gasteiger charge is 2.29. The van der Waals surface area contributed by atoms with Crippen LogP contribution in [0.4, 0.5) is 13.2 Å². The first-order valence-corrected chi connectivity index (χ1v) is 8.81. The third kappa shape index (κ3) is 5.39. The number of halogens is 3. The molecule has 0 saturated carbocycles. The fourth-order valence-corrected chi connectivity index (χ4v) is 3.38. The van der Waals surface area contributed by atoms with Gasteiger partial charge in [0.15, 0.2) is 0 Å². The van der Waals surface area contributed by atoms with Crippen LogP contribution >= 0.6 is 11.3 Å². The maximum Gasteiger partial charge on any atom is 0.390 e. The normalized spacial score (nSPS) is 12.5. The van der Waals surface area contributed by atoms with Crippen LogP contribution in [0.3, 0.4) is 0 Å². The van der Waals surface area contributed by atoms with E-state index in [0.717, 1.165) is 4.88 Å². The maximum absolute atomic E-state index is 12.1. The Bertz CT molecular complexity index is 713. The number of rotatable bonds is 6. The molecule has 0 fully saturated rings. The molecule has 0 aromatic carbocycles. The van der Waals surface area contributed by atoms with Gasteiger partial charge in [0.25, 0.3) is 0 Å². The van der Waals surface area contributed by atoms with E-state index < -0.39 is 28.4 Å². The van der Waals surface area contributed by atoms with Crippen LogP contribution in [0.1, 0.15) is 12.0 Å². The number of sulfonamides is 1. The Hall–Kier alpha value is -1.45. The first-order chi connectivity index (χ1) is 10.3. The second-order valence-electron chi connectivity index (χ2n) is 4.53. The monoisotopic (exact) mass is 350 g/mol. The van der Waals surface area contributed by atoms with Gasteiger partial charge < -0.3 is 0 Å². The molecule has 2 aromatic rings. The Labute approximate surface area is 130 Å².